The highest BCUT2D eigenvalue weighted by atomic mass is 35.5. The van der Waals surface area contributed by atoms with Crippen molar-refractivity contribution in [3.63, 3.8) is 0 Å². The molecule has 13 heteroatoms. The predicted octanol–water partition coefficient (Wildman–Crippen LogP) is 4.24. The van der Waals surface area contributed by atoms with Gasteiger partial charge >= 0.3 is 0 Å². The summed E-state index contributed by atoms with van der Waals surface area (Å²) in [5.41, 5.74) is 1.83. The Bertz CT molecular complexity index is 1600. The number of hydrogen-bond donors (Lipinski definition) is 2. The lowest BCUT2D eigenvalue weighted by Gasteiger charge is -2.42. The molecule has 0 saturated carbocycles. The maximum Gasteiger partial charge on any atom is 0.232 e. The first-order chi connectivity index (χ1) is 21.3. The summed E-state index contributed by atoms with van der Waals surface area (Å²) < 4.78 is 54.4. The van der Waals surface area contributed by atoms with Crippen molar-refractivity contribution in [2.45, 2.75) is 18.9 Å². The summed E-state index contributed by atoms with van der Waals surface area (Å²) >= 11 is 6.40. The molecule has 0 aliphatic carbocycles. The third-order valence-electron chi connectivity index (χ3n) is 7.77. The Kier molecular flexibility index (Phi) is 8.09. The van der Waals surface area contributed by atoms with Crippen LogP contribution in [-0.2, 0) is 10.0 Å². The fraction of sp³-hybridized carbons (Fsp3) is 0.448. The number of nitrogens with zero attached hydrogens (tertiary/aromatic N) is 6. The van der Waals surface area contributed by atoms with Crippen LogP contribution in [0.25, 0.3) is 0 Å². The second-order valence-corrected chi connectivity index (χ2v) is 12.9. The first-order valence-electron chi connectivity index (χ1n) is 15.3. The Hall–Kier alpha value is -3.32. The van der Waals surface area contributed by atoms with E-state index in [1.54, 1.807) is 25.3 Å². The number of benzene rings is 2. The van der Waals surface area contributed by atoms with Gasteiger partial charge in [0.15, 0.2) is 5.82 Å². The average molecular weight is 618 g/mol. The summed E-state index contributed by atoms with van der Waals surface area (Å²) in [4.78, 5) is 16.2. The summed E-state index contributed by atoms with van der Waals surface area (Å²) in [5.74, 6) is 0.974. The highest BCUT2D eigenvalue weighted by molar-refractivity contribution is 7.92. The van der Waals surface area contributed by atoms with Crippen molar-refractivity contribution >= 4 is 56.1 Å². The van der Waals surface area contributed by atoms with Gasteiger partial charge in [-0.25, -0.2) is 13.4 Å². The lowest BCUT2D eigenvalue weighted by molar-refractivity contribution is 0.0982. The Labute approximate surface area is 257 Å². The van der Waals surface area contributed by atoms with Crippen molar-refractivity contribution in [1.29, 1.82) is 0 Å². The highest BCUT2D eigenvalue weighted by Gasteiger charge is 2.27. The number of piperazine rings is 1. The standard InChI is InChI=1S/C29H39ClN8O3S/c1-35-15-17-38(18-16-35)21-11-13-37(14-12-21)22-9-10-25(27(19-22)41-3)33-29-31-20-23(30)28(34-29)32-24-7-5-6-8-26(24)36(2)42(4,39)40/h5-10,19-21H,11-18H2,1-4H3,(H2,31,32,33,34)/i2D3. The predicted molar refractivity (Wildman–Crippen MR) is 171 cm³/mol. The number of hydrogen-bond acceptors (Lipinski definition) is 10. The van der Waals surface area contributed by atoms with Crippen LogP contribution in [0.2, 0.25) is 5.02 Å². The molecular formula is C29H39ClN8O3S. The zero-order chi connectivity index (χ0) is 32.4. The fourth-order valence-corrected chi connectivity index (χ4v) is 6.01. The van der Waals surface area contributed by atoms with Gasteiger partial charge in [0.2, 0.25) is 16.0 Å². The van der Waals surface area contributed by atoms with Crippen molar-refractivity contribution in [3.8, 4) is 5.75 Å². The van der Waals surface area contributed by atoms with Crippen LogP contribution in [0, 0.1) is 0 Å². The minimum absolute atomic E-state index is 0.0750. The van der Waals surface area contributed by atoms with Gasteiger partial charge in [-0.05, 0) is 44.2 Å². The van der Waals surface area contributed by atoms with E-state index in [2.05, 4.69) is 42.3 Å². The van der Waals surface area contributed by atoms with Gasteiger partial charge in [-0.3, -0.25) is 9.21 Å². The van der Waals surface area contributed by atoms with Gasteiger partial charge in [-0.15, -0.1) is 0 Å². The topological polar surface area (TPSA) is 106 Å². The van der Waals surface area contributed by atoms with E-state index in [0.29, 0.717) is 21.8 Å². The molecule has 2 fully saturated rings. The van der Waals surface area contributed by atoms with E-state index in [-0.39, 0.29) is 28.2 Å². The van der Waals surface area contributed by atoms with Gasteiger partial charge in [0.1, 0.15) is 10.8 Å². The molecule has 0 spiro atoms. The van der Waals surface area contributed by atoms with Crippen LogP contribution >= 0.6 is 11.6 Å². The molecule has 1 aromatic heterocycles. The Balaban J connectivity index is 1.31. The molecule has 2 N–H and O–H groups in total. The van der Waals surface area contributed by atoms with E-state index in [0.717, 1.165) is 64.1 Å². The molecule has 3 aromatic rings. The largest absolute Gasteiger partial charge is 0.494 e. The number of piperidine rings is 1. The van der Waals surface area contributed by atoms with Gasteiger partial charge in [-0.2, -0.15) is 4.98 Å². The zero-order valence-electron chi connectivity index (χ0n) is 27.0. The number of halogens is 1. The van der Waals surface area contributed by atoms with Crippen molar-refractivity contribution in [2.75, 3.05) is 86.5 Å². The van der Waals surface area contributed by atoms with E-state index in [1.165, 1.54) is 12.3 Å². The molecule has 0 radical (unpaired) electrons. The zero-order valence-corrected chi connectivity index (χ0v) is 25.6. The molecule has 11 nitrogen and oxygen atoms in total. The summed E-state index contributed by atoms with van der Waals surface area (Å²) in [6.07, 6.45) is 4.48. The summed E-state index contributed by atoms with van der Waals surface area (Å²) in [7, 11) is -0.359. The Morgan fingerprint density at radius 1 is 1.05 bits per heavy atom. The van der Waals surface area contributed by atoms with Crippen LogP contribution < -0.4 is 24.6 Å². The van der Waals surface area contributed by atoms with E-state index < -0.39 is 17.0 Å². The Morgan fingerprint density at radius 2 is 1.79 bits per heavy atom. The lowest BCUT2D eigenvalue weighted by atomic mass is 10.0. The van der Waals surface area contributed by atoms with Crippen LogP contribution in [0.15, 0.2) is 48.7 Å². The van der Waals surface area contributed by atoms with Crippen LogP contribution in [0.1, 0.15) is 17.0 Å². The number of ether oxygens (including phenoxy) is 1. The fourth-order valence-electron chi connectivity index (χ4n) is 5.35. The number of para-hydroxylation sites is 2. The molecule has 0 amide bonds. The first kappa shape index (κ1) is 26.3. The van der Waals surface area contributed by atoms with Crippen molar-refractivity contribution in [1.82, 2.24) is 19.8 Å². The number of likely N-dealkylation sites (N-methyl/N-ethyl adjacent to an activating group) is 1. The first-order valence-corrected chi connectivity index (χ1v) is 16.1. The third kappa shape index (κ3) is 7.00. The summed E-state index contributed by atoms with van der Waals surface area (Å²) in [6, 6.07) is 12.7. The van der Waals surface area contributed by atoms with Crippen molar-refractivity contribution < 1.29 is 17.3 Å². The normalized spacial score (nSPS) is 18.6. The smallest absolute Gasteiger partial charge is 0.232 e. The van der Waals surface area contributed by atoms with Gasteiger partial charge < -0.3 is 25.2 Å². The molecule has 2 aliphatic heterocycles. The molecule has 5 rings (SSSR count). The molecule has 0 atom stereocenters. The summed E-state index contributed by atoms with van der Waals surface area (Å²) in [6.45, 7) is 3.52. The summed E-state index contributed by atoms with van der Waals surface area (Å²) in [5, 5.41) is 6.30. The van der Waals surface area contributed by atoms with E-state index in [1.807, 2.05) is 18.2 Å². The van der Waals surface area contributed by atoms with E-state index in [4.69, 9.17) is 20.5 Å². The quantitative estimate of drug-likeness (QED) is 0.362. The van der Waals surface area contributed by atoms with E-state index in [9.17, 15) is 8.42 Å². The minimum atomic E-state index is -4.15. The van der Waals surface area contributed by atoms with Gasteiger partial charge in [0, 0.05) is 68.2 Å². The number of methoxy groups -OCH3 is 1. The lowest BCUT2D eigenvalue weighted by Crippen LogP contribution is -2.52. The van der Waals surface area contributed by atoms with Crippen molar-refractivity contribution in [3.05, 3.63) is 53.7 Å². The second kappa shape index (κ2) is 12.9. The van der Waals surface area contributed by atoms with Gasteiger partial charge in [0.25, 0.3) is 0 Å². The maximum absolute atomic E-state index is 12.4. The van der Waals surface area contributed by atoms with Crippen molar-refractivity contribution in [2.24, 2.45) is 0 Å². The van der Waals surface area contributed by atoms with Gasteiger partial charge in [-0.1, -0.05) is 23.7 Å². The number of sulfonamides is 1. The molecular weight excluding hydrogens is 576 g/mol. The Morgan fingerprint density at radius 3 is 2.48 bits per heavy atom. The minimum Gasteiger partial charge on any atom is -0.494 e. The molecule has 42 heavy (non-hydrogen) atoms. The SMILES string of the molecule is [2H]C([2H])([2H])N(c1ccccc1Nc1nc(Nc2ccc(N3CCC(N4CCN(C)CC4)CC3)cc2OC)ncc1Cl)S(C)(=O)=O. The maximum atomic E-state index is 12.4. The second-order valence-electron chi connectivity index (χ2n) is 10.6. The van der Waals surface area contributed by atoms with Crippen LogP contribution in [-0.4, -0.2) is 101 Å². The number of anilines is 6. The third-order valence-corrected chi connectivity index (χ3v) is 8.90. The van der Waals surface area contributed by atoms with E-state index >= 15 is 0 Å². The average Bonchev–Trinajstić information content (AvgIpc) is 2.99. The van der Waals surface area contributed by atoms with Crippen LogP contribution in [0.4, 0.5) is 34.5 Å². The number of rotatable bonds is 9. The molecule has 0 bridgehead atoms. The molecule has 226 valence electrons. The molecule has 2 aliphatic rings. The van der Waals surface area contributed by atoms with Gasteiger partial charge in [0.05, 0.1) is 36.6 Å². The number of aromatic nitrogens is 2. The molecule has 3 heterocycles. The molecule has 2 saturated heterocycles. The van der Waals surface area contributed by atoms with Crippen LogP contribution in [0.5, 0.6) is 5.75 Å². The van der Waals surface area contributed by atoms with Crippen LogP contribution in [0.3, 0.4) is 0 Å². The monoisotopic (exact) mass is 617 g/mol. The highest BCUT2D eigenvalue weighted by Crippen LogP contribution is 2.35. The molecule has 2 aromatic carbocycles. The number of nitrogens with one attached hydrogen (secondary N) is 2. The molecule has 0 unspecified atom stereocenters.